The van der Waals surface area contributed by atoms with E-state index in [1.54, 1.807) is 4.90 Å². The van der Waals surface area contributed by atoms with E-state index < -0.39 is 5.97 Å². The number of hydrogen-bond acceptors (Lipinski definition) is 5. The van der Waals surface area contributed by atoms with Gasteiger partial charge < -0.3 is 10.4 Å². The summed E-state index contributed by atoms with van der Waals surface area (Å²) < 4.78 is 0.469. The van der Waals surface area contributed by atoms with Crippen LogP contribution >= 0.6 is 24.0 Å². The Kier molecular flexibility index (Phi) is 4.49. The number of carboxylic acid groups (broad SMARTS) is 1. The lowest BCUT2D eigenvalue weighted by atomic mass is 10.3. The molecule has 7 heteroatoms. The molecule has 1 aliphatic heterocycles. The highest BCUT2D eigenvalue weighted by atomic mass is 32.2. The molecule has 0 bridgehead atoms. The molecule has 84 valence electrons. The SMILES string of the molecule is CCN(CC(=O)O)CC1SC(=S)NC1=O. The molecule has 0 aromatic heterocycles. The van der Waals surface area contributed by atoms with E-state index in [1.807, 2.05) is 6.92 Å². The largest absolute Gasteiger partial charge is 0.480 e. The molecule has 1 fully saturated rings. The monoisotopic (exact) mass is 248 g/mol. The van der Waals surface area contributed by atoms with Gasteiger partial charge >= 0.3 is 5.97 Å². The van der Waals surface area contributed by atoms with Crippen LogP contribution in [0.4, 0.5) is 0 Å². The van der Waals surface area contributed by atoms with Crippen LogP contribution in [-0.2, 0) is 9.59 Å². The number of likely N-dealkylation sites (N-methyl/N-ethyl adjacent to an activating group) is 1. The van der Waals surface area contributed by atoms with Gasteiger partial charge in [0.2, 0.25) is 5.91 Å². The Labute approximate surface area is 97.2 Å². The van der Waals surface area contributed by atoms with Crippen LogP contribution in [0.15, 0.2) is 0 Å². The molecular formula is C8H12N2O3S2. The van der Waals surface area contributed by atoms with Crippen molar-refractivity contribution in [2.75, 3.05) is 19.6 Å². The molecule has 5 nitrogen and oxygen atoms in total. The first-order valence-electron chi connectivity index (χ1n) is 4.48. The minimum atomic E-state index is -0.886. The summed E-state index contributed by atoms with van der Waals surface area (Å²) in [4.78, 5) is 23.5. The lowest BCUT2D eigenvalue weighted by Crippen LogP contribution is -2.38. The van der Waals surface area contributed by atoms with Crippen molar-refractivity contribution in [2.24, 2.45) is 0 Å². The molecule has 1 saturated heterocycles. The van der Waals surface area contributed by atoms with E-state index in [-0.39, 0.29) is 17.7 Å². The first-order chi connectivity index (χ1) is 7.02. The van der Waals surface area contributed by atoms with Crippen LogP contribution in [0.5, 0.6) is 0 Å². The van der Waals surface area contributed by atoms with E-state index in [4.69, 9.17) is 17.3 Å². The molecule has 1 aliphatic rings. The Morgan fingerprint density at radius 3 is 2.80 bits per heavy atom. The van der Waals surface area contributed by atoms with Crippen molar-refractivity contribution in [2.45, 2.75) is 12.2 Å². The van der Waals surface area contributed by atoms with Gasteiger partial charge in [0.25, 0.3) is 0 Å². The summed E-state index contributed by atoms with van der Waals surface area (Å²) in [5, 5.41) is 10.9. The van der Waals surface area contributed by atoms with E-state index in [9.17, 15) is 9.59 Å². The summed E-state index contributed by atoms with van der Waals surface area (Å²) in [6.07, 6.45) is 0. The van der Waals surface area contributed by atoms with Gasteiger partial charge in [0.15, 0.2) is 0 Å². The third-order valence-corrected chi connectivity index (χ3v) is 3.35. The van der Waals surface area contributed by atoms with Gasteiger partial charge in [-0.25, -0.2) is 0 Å². The maximum atomic E-state index is 11.3. The first kappa shape index (κ1) is 12.4. The smallest absolute Gasteiger partial charge is 0.317 e. The van der Waals surface area contributed by atoms with Crippen LogP contribution < -0.4 is 5.32 Å². The number of hydrogen-bond donors (Lipinski definition) is 2. The second-order valence-electron chi connectivity index (χ2n) is 3.10. The molecule has 2 N–H and O–H groups in total. The number of aliphatic carboxylic acids is 1. The number of carbonyl (C=O) groups is 2. The minimum Gasteiger partial charge on any atom is -0.480 e. The topological polar surface area (TPSA) is 69.6 Å². The molecule has 1 amide bonds. The Morgan fingerprint density at radius 2 is 2.40 bits per heavy atom. The third-order valence-electron chi connectivity index (χ3n) is 2.00. The summed E-state index contributed by atoms with van der Waals surface area (Å²) in [5.74, 6) is -1.02. The number of carbonyl (C=O) groups excluding carboxylic acids is 1. The fourth-order valence-corrected chi connectivity index (χ4v) is 2.56. The fourth-order valence-electron chi connectivity index (χ4n) is 1.24. The zero-order valence-corrected chi connectivity index (χ0v) is 9.86. The Hall–Kier alpha value is -0.660. The zero-order chi connectivity index (χ0) is 11.4. The van der Waals surface area contributed by atoms with Crippen molar-refractivity contribution >= 4 is 40.2 Å². The predicted molar refractivity (Wildman–Crippen MR) is 61.9 cm³/mol. The van der Waals surface area contributed by atoms with Gasteiger partial charge in [-0.05, 0) is 6.54 Å². The Morgan fingerprint density at radius 1 is 1.73 bits per heavy atom. The third kappa shape index (κ3) is 3.77. The summed E-state index contributed by atoms with van der Waals surface area (Å²) in [6, 6.07) is 0. The number of carboxylic acids is 1. The molecule has 0 aliphatic carbocycles. The summed E-state index contributed by atoms with van der Waals surface area (Å²) in [6.45, 7) is 2.83. The highest BCUT2D eigenvalue weighted by Gasteiger charge is 2.30. The van der Waals surface area contributed by atoms with Crippen LogP contribution in [-0.4, -0.2) is 51.1 Å². The molecule has 1 atom stereocenters. The van der Waals surface area contributed by atoms with Gasteiger partial charge in [-0.1, -0.05) is 30.9 Å². The van der Waals surface area contributed by atoms with Crippen molar-refractivity contribution in [1.82, 2.24) is 10.2 Å². The molecule has 1 rings (SSSR count). The summed E-state index contributed by atoms with van der Waals surface area (Å²) in [7, 11) is 0. The van der Waals surface area contributed by atoms with Crippen molar-refractivity contribution in [3.05, 3.63) is 0 Å². The molecule has 1 heterocycles. The first-order valence-corrected chi connectivity index (χ1v) is 5.77. The summed E-state index contributed by atoms with van der Waals surface area (Å²) >= 11 is 6.13. The number of thioether (sulfide) groups is 1. The lowest BCUT2D eigenvalue weighted by Gasteiger charge is -2.19. The van der Waals surface area contributed by atoms with Gasteiger partial charge in [0.1, 0.15) is 9.57 Å². The van der Waals surface area contributed by atoms with Gasteiger partial charge in [0.05, 0.1) is 6.54 Å². The van der Waals surface area contributed by atoms with Gasteiger partial charge in [0, 0.05) is 6.54 Å². The molecule has 0 saturated carbocycles. The highest BCUT2D eigenvalue weighted by molar-refractivity contribution is 8.24. The number of thiocarbonyl (C=S) groups is 1. The van der Waals surface area contributed by atoms with Gasteiger partial charge in [-0.3, -0.25) is 14.5 Å². The standard InChI is InChI=1S/C8H12N2O3S2/c1-2-10(4-6(11)12)3-5-7(13)9-8(14)15-5/h5H,2-4H2,1H3,(H,11,12)(H,9,13,14). The van der Waals surface area contributed by atoms with E-state index in [0.717, 1.165) is 0 Å². The second kappa shape index (κ2) is 5.43. The normalized spacial score (nSPS) is 20.8. The van der Waals surface area contributed by atoms with E-state index in [1.165, 1.54) is 11.8 Å². The maximum Gasteiger partial charge on any atom is 0.317 e. The second-order valence-corrected chi connectivity index (χ2v) is 4.98. The summed E-state index contributed by atoms with van der Waals surface area (Å²) in [5.41, 5.74) is 0. The van der Waals surface area contributed by atoms with E-state index >= 15 is 0 Å². The molecule has 0 radical (unpaired) electrons. The number of amides is 1. The average Bonchev–Trinajstić information content (AvgIpc) is 2.43. The maximum absolute atomic E-state index is 11.3. The van der Waals surface area contributed by atoms with Crippen LogP contribution in [0.2, 0.25) is 0 Å². The Balaban J connectivity index is 2.48. The van der Waals surface area contributed by atoms with E-state index in [0.29, 0.717) is 17.4 Å². The van der Waals surface area contributed by atoms with Gasteiger partial charge in [-0.2, -0.15) is 0 Å². The van der Waals surface area contributed by atoms with Crippen molar-refractivity contribution in [3.63, 3.8) is 0 Å². The highest BCUT2D eigenvalue weighted by Crippen LogP contribution is 2.20. The number of rotatable bonds is 5. The molecule has 0 spiro atoms. The van der Waals surface area contributed by atoms with Crippen molar-refractivity contribution in [1.29, 1.82) is 0 Å². The lowest BCUT2D eigenvalue weighted by molar-refractivity contribution is -0.138. The van der Waals surface area contributed by atoms with Crippen LogP contribution in [0.25, 0.3) is 0 Å². The minimum absolute atomic E-state index is 0.0480. The average molecular weight is 248 g/mol. The van der Waals surface area contributed by atoms with Crippen LogP contribution in [0.1, 0.15) is 6.92 Å². The van der Waals surface area contributed by atoms with Crippen LogP contribution in [0, 0.1) is 0 Å². The Bertz CT molecular complexity index is 296. The zero-order valence-electron chi connectivity index (χ0n) is 8.23. The number of nitrogens with zero attached hydrogens (tertiary/aromatic N) is 1. The van der Waals surface area contributed by atoms with E-state index in [2.05, 4.69) is 5.32 Å². The fraction of sp³-hybridized carbons (Fsp3) is 0.625. The quantitative estimate of drug-likeness (QED) is 0.663. The molecule has 15 heavy (non-hydrogen) atoms. The van der Waals surface area contributed by atoms with Crippen LogP contribution in [0.3, 0.4) is 0 Å². The van der Waals surface area contributed by atoms with Crippen molar-refractivity contribution < 1.29 is 14.7 Å². The molecule has 0 aromatic rings. The van der Waals surface area contributed by atoms with Crippen molar-refractivity contribution in [3.8, 4) is 0 Å². The molecular weight excluding hydrogens is 236 g/mol. The van der Waals surface area contributed by atoms with Gasteiger partial charge in [-0.15, -0.1) is 0 Å². The predicted octanol–water partition coefficient (Wildman–Crippen LogP) is -0.0906. The number of nitrogens with one attached hydrogen (secondary N) is 1. The molecule has 0 aromatic carbocycles. The molecule has 1 unspecified atom stereocenters.